The number of nitrogens with zero attached hydrogens (tertiary/aromatic N) is 3. The van der Waals surface area contributed by atoms with Gasteiger partial charge in [-0.15, -0.1) is 0 Å². The molecule has 2 aromatic rings. The molecule has 2 aliphatic heterocycles. The van der Waals surface area contributed by atoms with Gasteiger partial charge in [-0.1, -0.05) is 30.3 Å². The van der Waals surface area contributed by atoms with E-state index in [1.165, 1.54) is 0 Å². The second kappa shape index (κ2) is 7.13. The number of anilines is 1. The first kappa shape index (κ1) is 17.1. The molecule has 1 unspecified atom stereocenters. The minimum atomic E-state index is -0.447. The third-order valence-electron chi connectivity index (χ3n) is 4.61. The quantitative estimate of drug-likeness (QED) is 0.843. The summed E-state index contributed by atoms with van der Waals surface area (Å²) < 4.78 is 5.14. The second-order valence-corrected chi connectivity index (χ2v) is 6.29. The van der Waals surface area contributed by atoms with Crippen LogP contribution in [0, 0.1) is 0 Å². The van der Waals surface area contributed by atoms with Gasteiger partial charge in [0.1, 0.15) is 6.04 Å². The molecular weight excluding hydrogens is 342 g/mol. The van der Waals surface area contributed by atoms with Gasteiger partial charge < -0.3 is 15.0 Å². The highest BCUT2D eigenvalue weighted by molar-refractivity contribution is 5.93. The maximum Gasteiger partial charge on any atom is 0.249 e. The topological polar surface area (TPSA) is 69.7 Å². The molecule has 1 aromatic heterocycles. The lowest BCUT2D eigenvalue weighted by atomic mass is 10.1. The lowest BCUT2D eigenvalue weighted by Gasteiger charge is -2.31. The van der Waals surface area contributed by atoms with Crippen molar-refractivity contribution in [2.75, 3.05) is 25.7 Å². The smallest absolute Gasteiger partial charge is 0.249 e. The van der Waals surface area contributed by atoms with E-state index in [1.807, 2.05) is 60.7 Å². The van der Waals surface area contributed by atoms with E-state index in [2.05, 4.69) is 15.7 Å². The van der Waals surface area contributed by atoms with Crippen LogP contribution in [0.1, 0.15) is 5.56 Å². The minimum Gasteiger partial charge on any atom is -0.481 e. The Balaban J connectivity index is 1.63. The Labute approximate surface area is 157 Å². The van der Waals surface area contributed by atoms with Crippen LogP contribution in [0.15, 0.2) is 66.6 Å². The largest absolute Gasteiger partial charge is 0.481 e. The molecule has 1 amide bonds. The zero-order valence-corrected chi connectivity index (χ0v) is 15.2. The van der Waals surface area contributed by atoms with E-state index in [0.29, 0.717) is 12.4 Å². The molecule has 2 N–H and O–H groups in total. The van der Waals surface area contributed by atoms with Crippen LogP contribution in [-0.2, 0) is 4.79 Å². The van der Waals surface area contributed by atoms with Gasteiger partial charge in [-0.25, -0.2) is 10.4 Å². The van der Waals surface area contributed by atoms with Gasteiger partial charge in [0.2, 0.25) is 11.8 Å². The molecule has 138 valence electrons. The summed E-state index contributed by atoms with van der Waals surface area (Å²) in [5.74, 6) is 0.549. The van der Waals surface area contributed by atoms with Crippen LogP contribution >= 0.6 is 0 Å². The van der Waals surface area contributed by atoms with E-state index in [4.69, 9.17) is 4.74 Å². The van der Waals surface area contributed by atoms with Gasteiger partial charge in [-0.05, 0) is 17.7 Å². The van der Waals surface area contributed by atoms with Gasteiger partial charge >= 0.3 is 0 Å². The highest BCUT2D eigenvalue weighted by atomic mass is 16.5. The molecule has 4 rings (SSSR count). The molecule has 3 heterocycles. The number of hydrogen-bond donors (Lipinski definition) is 2. The number of aromatic nitrogens is 1. The normalized spacial score (nSPS) is 18.5. The highest BCUT2D eigenvalue weighted by Crippen LogP contribution is 2.30. The fraction of sp³-hybridized carbons (Fsp3) is 0.200. The predicted molar refractivity (Wildman–Crippen MR) is 103 cm³/mol. The van der Waals surface area contributed by atoms with Crippen molar-refractivity contribution in [2.24, 2.45) is 0 Å². The molecule has 7 heteroatoms. The number of likely N-dealkylation sites (N-methyl/N-ethyl adjacent to an activating group) is 1. The third kappa shape index (κ3) is 3.24. The number of nitrogens with one attached hydrogen (secondary N) is 2. The highest BCUT2D eigenvalue weighted by Gasteiger charge is 2.34. The standard InChI is InChI=1S/C20H21N5O2/c1-21-15-12-24(13-15)20(26)17-10-18(14-6-4-3-5-7-14)25(23-17)16-8-9-19(27-2)22-11-16/h3-12,17,21,23H,13H2,1-2H3. The number of ether oxygens (including phenoxy) is 1. The lowest BCUT2D eigenvalue weighted by molar-refractivity contribution is -0.130. The molecule has 7 nitrogen and oxygen atoms in total. The minimum absolute atomic E-state index is 0.00593. The summed E-state index contributed by atoms with van der Waals surface area (Å²) in [6.07, 6.45) is 5.50. The summed E-state index contributed by atoms with van der Waals surface area (Å²) in [6, 6.07) is 13.2. The molecule has 1 aromatic carbocycles. The summed E-state index contributed by atoms with van der Waals surface area (Å²) in [5, 5.41) is 4.95. The van der Waals surface area contributed by atoms with Gasteiger partial charge in [0.05, 0.1) is 31.2 Å². The molecule has 0 spiro atoms. The van der Waals surface area contributed by atoms with E-state index in [0.717, 1.165) is 22.6 Å². The monoisotopic (exact) mass is 363 g/mol. The summed E-state index contributed by atoms with van der Waals surface area (Å²) >= 11 is 0. The number of pyridine rings is 1. The number of amides is 1. The fourth-order valence-electron chi connectivity index (χ4n) is 3.09. The van der Waals surface area contributed by atoms with Crippen molar-refractivity contribution < 1.29 is 9.53 Å². The van der Waals surface area contributed by atoms with Crippen molar-refractivity contribution >= 4 is 17.3 Å². The first-order chi connectivity index (χ1) is 13.2. The molecular formula is C20H21N5O2. The zero-order valence-electron chi connectivity index (χ0n) is 15.2. The van der Waals surface area contributed by atoms with E-state index in [1.54, 1.807) is 24.3 Å². The van der Waals surface area contributed by atoms with Crippen LogP contribution in [-0.4, -0.2) is 42.5 Å². The summed E-state index contributed by atoms with van der Waals surface area (Å²) in [6.45, 7) is 0.603. The van der Waals surface area contributed by atoms with Gasteiger partial charge in [0.15, 0.2) is 0 Å². The predicted octanol–water partition coefficient (Wildman–Crippen LogP) is 1.73. The van der Waals surface area contributed by atoms with E-state index >= 15 is 0 Å². The number of rotatable bonds is 5. The molecule has 2 aliphatic rings. The Morgan fingerprint density at radius 2 is 2.04 bits per heavy atom. The Bertz CT molecular complexity index is 892. The van der Waals surface area contributed by atoms with Crippen LogP contribution in [0.5, 0.6) is 5.88 Å². The Morgan fingerprint density at radius 1 is 1.26 bits per heavy atom. The van der Waals surface area contributed by atoms with Crippen LogP contribution in [0.4, 0.5) is 5.69 Å². The van der Waals surface area contributed by atoms with Crippen molar-refractivity contribution in [3.05, 3.63) is 72.2 Å². The maximum atomic E-state index is 12.8. The number of hydrogen-bond acceptors (Lipinski definition) is 6. The molecule has 0 fully saturated rings. The van der Waals surface area contributed by atoms with Crippen LogP contribution in [0.2, 0.25) is 0 Å². The number of carbonyl (C=O) groups is 1. The van der Waals surface area contributed by atoms with Crippen molar-refractivity contribution in [3.63, 3.8) is 0 Å². The van der Waals surface area contributed by atoms with E-state index in [-0.39, 0.29) is 5.91 Å². The van der Waals surface area contributed by atoms with Gasteiger partial charge in [0, 0.05) is 25.0 Å². The van der Waals surface area contributed by atoms with Crippen molar-refractivity contribution in [2.45, 2.75) is 6.04 Å². The number of methoxy groups -OCH3 is 1. The first-order valence-electron chi connectivity index (χ1n) is 8.72. The van der Waals surface area contributed by atoms with E-state index in [9.17, 15) is 4.79 Å². The van der Waals surface area contributed by atoms with Gasteiger partial charge in [-0.3, -0.25) is 9.80 Å². The average molecular weight is 363 g/mol. The zero-order chi connectivity index (χ0) is 18.8. The molecule has 27 heavy (non-hydrogen) atoms. The SMILES string of the molecule is CNC1=CN(C(=O)C2C=C(c3ccccc3)N(c3ccc(OC)nc3)N2)C1. The van der Waals surface area contributed by atoms with Crippen LogP contribution in [0.3, 0.4) is 0 Å². The summed E-state index contributed by atoms with van der Waals surface area (Å²) in [7, 11) is 3.44. The molecule has 0 saturated heterocycles. The molecule has 1 atom stereocenters. The molecule has 0 aliphatic carbocycles. The number of benzene rings is 1. The van der Waals surface area contributed by atoms with Crippen molar-refractivity contribution in [1.82, 2.24) is 20.6 Å². The Kier molecular flexibility index (Phi) is 4.52. The second-order valence-electron chi connectivity index (χ2n) is 6.29. The summed E-state index contributed by atoms with van der Waals surface area (Å²) in [4.78, 5) is 18.8. The molecule has 0 saturated carbocycles. The fourth-order valence-corrected chi connectivity index (χ4v) is 3.09. The number of hydrazine groups is 1. The van der Waals surface area contributed by atoms with Crippen LogP contribution in [0.25, 0.3) is 5.70 Å². The first-order valence-corrected chi connectivity index (χ1v) is 8.72. The average Bonchev–Trinajstić information content (AvgIpc) is 3.13. The summed E-state index contributed by atoms with van der Waals surface area (Å²) in [5.41, 5.74) is 7.11. The maximum absolute atomic E-state index is 12.8. The lowest BCUT2D eigenvalue weighted by Crippen LogP contribution is -2.50. The van der Waals surface area contributed by atoms with Gasteiger partial charge in [-0.2, -0.15) is 0 Å². The Morgan fingerprint density at radius 3 is 2.67 bits per heavy atom. The van der Waals surface area contributed by atoms with Gasteiger partial charge in [0.25, 0.3) is 0 Å². The Hall–Kier alpha value is -3.32. The molecule has 0 bridgehead atoms. The third-order valence-corrected chi connectivity index (χ3v) is 4.61. The number of carbonyl (C=O) groups excluding carboxylic acids is 1. The van der Waals surface area contributed by atoms with Crippen molar-refractivity contribution in [1.29, 1.82) is 0 Å². The molecule has 0 radical (unpaired) electrons. The van der Waals surface area contributed by atoms with E-state index < -0.39 is 6.04 Å². The van der Waals surface area contributed by atoms with Crippen LogP contribution < -0.4 is 20.5 Å². The van der Waals surface area contributed by atoms with Crippen molar-refractivity contribution in [3.8, 4) is 5.88 Å².